The maximum absolute atomic E-state index is 6.05. The molecule has 0 aliphatic heterocycles. The summed E-state index contributed by atoms with van der Waals surface area (Å²) in [5.74, 6) is 0.835. The van der Waals surface area contributed by atoms with Crippen molar-refractivity contribution in [3.8, 4) is 5.75 Å². The van der Waals surface area contributed by atoms with E-state index in [4.69, 9.17) is 16.3 Å². The van der Waals surface area contributed by atoms with Gasteiger partial charge in [-0.25, -0.2) is 4.98 Å². The van der Waals surface area contributed by atoms with Crippen LogP contribution in [0.1, 0.15) is 5.56 Å². The SMILES string of the molecule is COc1ccc(Cl)cc1Cn1cnc2ccccc21. The topological polar surface area (TPSA) is 27.1 Å². The molecule has 4 heteroatoms. The fourth-order valence-electron chi connectivity index (χ4n) is 2.19. The van der Waals surface area contributed by atoms with Crippen LogP contribution in [0.5, 0.6) is 5.75 Å². The van der Waals surface area contributed by atoms with Crippen LogP contribution in [0.3, 0.4) is 0 Å². The Morgan fingerprint density at radius 2 is 2.05 bits per heavy atom. The summed E-state index contributed by atoms with van der Waals surface area (Å²) in [4.78, 5) is 4.38. The van der Waals surface area contributed by atoms with E-state index in [1.54, 1.807) is 7.11 Å². The monoisotopic (exact) mass is 272 g/mol. The first kappa shape index (κ1) is 12.1. The highest BCUT2D eigenvalue weighted by molar-refractivity contribution is 6.30. The molecule has 96 valence electrons. The van der Waals surface area contributed by atoms with Crippen LogP contribution in [0.2, 0.25) is 5.02 Å². The minimum Gasteiger partial charge on any atom is -0.496 e. The summed E-state index contributed by atoms with van der Waals surface area (Å²) in [5, 5.41) is 0.709. The maximum atomic E-state index is 6.05. The number of ether oxygens (including phenoxy) is 1. The van der Waals surface area contributed by atoms with Crippen molar-refractivity contribution >= 4 is 22.6 Å². The van der Waals surface area contributed by atoms with Crippen LogP contribution in [-0.2, 0) is 6.54 Å². The third-order valence-corrected chi connectivity index (χ3v) is 3.35. The van der Waals surface area contributed by atoms with Crippen molar-refractivity contribution in [1.82, 2.24) is 9.55 Å². The number of aromatic nitrogens is 2. The summed E-state index contributed by atoms with van der Waals surface area (Å²) < 4.78 is 7.46. The van der Waals surface area contributed by atoms with Crippen molar-refractivity contribution in [3.05, 3.63) is 59.4 Å². The third kappa shape index (κ3) is 2.29. The molecular formula is C15H13ClN2O. The third-order valence-electron chi connectivity index (χ3n) is 3.11. The fourth-order valence-corrected chi connectivity index (χ4v) is 2.39. The lowest BCUT2D eigenvalue weighted by molar-refractivity contribution is 0.408. The Labute approximate surface area is 116 Å². The van der Waals surface area contributed by atoms with Gasteiger partial charge in [0.15, 0.2) is 0 Å². The molecule has 0 radical (unpaired) electrons. The zero-order valence-electron chi connectivity index (χ0n) is 10.5. The van der Waals surface area contributed by atoms with Gasteiger partial charge in [-0.1, -0.05) is 23.7 Å². The molecule has 0 N–H and O–H groups in total. The van der Waals surface area contributed by atoms with Gasteiger partial charge in [-0.3, -0.25) is 0 Å². The first-order valence-corrected chi connectivity index (χ1v) is 6.38. The molecule has 0 unspecified atom stereocenters. The van der Waals surface area contributed by atoms with E-state index in [-0.39, 0.29) is 0 Å². The number of methoxy groups -OCH3 is 1. The molecule has 0 saturated heterocycles. The number of hydrogen-bond acceptors (Lipinski definition) is 2. The Balaban J connectivity index is 2.03. The molecule has 0 aliphatic rings. The zero-order chi connectivity index (χ0) is 13.2. The van der Waals surface area contributed by atoms with E-state index < -0.39 is 0 Å². The molecule has 2 aromatic carbocycles. The van der Waals surface area contributed by atoms with Crippen LogP contribution in [0.25, 0.3) is 11.0 Å². The van der Waals surface area contributed by atoms with Gasteiger partial charge < -0.3 is 9.30 Å². The van der Waals surface area contributed by atoms with E-state index in [0.29, 0.717) is 11.6 Å². The maximum Gasteiger partial charge on any atom is 0.123 e. The highest BCUT2D eigenvalue weighted by Crippen LogP contribution is 2.24. The molecule has 0 amide bonds. The second-order valence-corrected chi connectivity index (χ2v) is 4.75. The van der Waals surface area contributed by atoms with Crippen molar-refractivity contribution in [2.24, 2.45) is 0 Å². The van der Waals surface area contributed by atoms with Gasteiger partial charge in [0.25, 0.3) is 0 Å². The molecule has 19 heavy (non-hydrogen) atoms. The van der Waals surface area contributed by atoms with Gasteiger partial charge in [-0.05, 0) is 30.3 Å². The summed E-state index contributed by atoms with van der Waals surface area (Å²) in [6.07, 6.45) is 1.84. The second kappa shape index (κ2) is 4.94. The molecule has 3 aromatic rings. The molecule has 3 rings (SSSR count). The molecular weight excluding hydrogens is 260 g/mol. The predicted octanol–water partition coefficient (Wildman–Crippen LogP) is 3.75. The quantitative estimate of drug-likeness (QED) is 0.726. The first-order valence-electron chi connectivity index (χ1n) is 6.00. The van der Waals surface area contributed by atoms with Crippen LogP contribution < -0.4 is 4.74 Å². The van der Waals surface area contributed by atoms with E-state index >= 15 is 0 Å². The lowest BCUT2D eigenvalue weighted by atomic mass is 10.2. The number of imidazole rings is 1. The molecule has 0 bridgehead atoms. The average molecular weight is 273 g/mol. The van der Waals surface area contributed by atoms with E-state index in [2.05, 4.69) is 15.6 Å². The molecule has 0 atom stereocenters. The minimum absolute atomic E-state index is 0.685. The summed E-state index contributed by atoms with van der Waals surface area (Å²) in [5.41, 5.74) is 3.13. The number of fused-ring (bicyclic) bond motifs is 1. The largest absolute Gasteiger partial charge is 0.496 e. The predicted molar refractivity (Wildman–Crippen MR) is 76.8 cm³/mol. The molecule has 0 aliphatic carbocycles. The Bertz CT molecular complexity index is 721. The van der Waals surface area contributed by atoms with Crippen molar-refractivity contribution in [3.63, 3.8) is 0 Å². The van der Waals surface area contributed by atoms with Crippen LogP contribution >= 0.6 is 11.6 Å². The van der Waals surface area contributed by atoms with Crippen molar-refractivity contribution in [2.45, 2.75) is 6.54 Å². The molecule has 0 spiro atoms. The van der Waals surface area contributed by atoms with Gasteiger partial charge in [0.05, 0.1) is 31.0 Å². The van der Waals surface area contributed by atoms with E-state index in [1.165, 1.54) is 0 Å². The first-order chi connectivity index (χ1) is 9.28. The normalized spacial score (nSPS) is 10.8. The van der Waals surface area contributed by atoms with E-state index in [0.717, 1.165) is 22.3 Å². The summed E-state index contributed by atoms with van der Waals surface area (Å²) in [6.45, 7) is 0.685. The van der Waals surface area contributed by atoms with Crippen LogP contribution in [0, 0.1) is 0 Å². The number of nitrogens with zero attached hydrogens (tertiary/aromatic N) is 2. The fraction of sp³-hybridized carbons (Fsp3) is 0.133. The van der Waals surface area contributed by atoms with Gasteiger partial charge in [0.2, 0.25) is 0 Å². The van der Waals surface area contributed by atoms with Crippen LogP contribution in [-0.4, -0.2) is 16.7 Å². The van der Waals surface area contributed by atoms with Gasteiger partial charge in [0.1, 0.15) is 5.75 Å². The number of halogens is 1. The summed E-state index contributed by atoms with van der Waals surface area (Å²) >= 11 is 6.05. The Hall–Kier alpha value is -2.00. The Morgan fingerprint density at radius 3 is 2.89 bits per heavy atom. The Kier molecular flexibility index (Phi) is 3.13. The molecule has 0 saturated carbocycles. The minimum atomic E-state index is 0.685. The number of benzene rings is 2. The van der Waals surface area contributed by atoms with Gasteiger partial charge in [-0.2, -0.15) is 0 Å². The number of rotatable bonds is 3. The zero-order valence-corrected chi connectivity index (χ0v) is 11.3. The number of hydrogen-bond donors (Lipinski definition) is 0. The summed E-state index contributed by atoms with van der Waals surface area (Å²) in [6, 6.07) is 13.7. The van der Waals surface area contributed by atoms with E-state index in [1.807, 2.05) is 42.7 Å². The lowest BCUT2D eigenvalue weighted by Gasteiger charge is -2.10. The van der Waals surface area contributed by atoms with Gasteiger partial charge in [-0.15, -0.1) is 0 Å². The highest BCUT2D eigenvalue weighted by Gasteiger charge is 2.07. The second-order valence-electron chi connectivity index (χ2n) is 4.32. The Morgan fingerprint density at radius 1 is 1.21 bits per heavy atom. The van der Waals surface area contributed by atoms with Crippen molar-refractivity contribution < 1.29 is 4.74 Å². The highest BCUT2D eigenvalue weighted by atomic mass is 35.5. The molecule has 1 heterocycles. The van der Waals surface area contributed by atoms with Crippen molar-refractivity contribution in [2.75, 3.05) is 7.11 Å². The average Bonchev–Trinajstić information content (AvgIpc) is 2.83. The van der Waals surface area contributed by atoms with E-state index in [9.17, 15) is 0 Å². The standard InChI is InChI=1S/C15H13ClN2O/c1-19-15-7-6-12(16)8-11(15)9-18-10-17-13-4-2-3-5-14(13)18/h2-8,10H,9H2,1H3. The van der Waals surface area contributed by atoms with Gasteiger partial charge in [0, 0.05) is 10.6 Å². The van der Waals surface area contributed by atoms with Gasteiger partial charge >= 0.3 is 0 Å². The number of para-hydroxylation sites is 2. The molecule has 3 nitrogen and oxygen atoms in total. The van der Waals surface area contributed by atoms with Crippen LogP contribution in [0.4, 0.5) is 0 Å². The molecule has 1 aromatic heterocycles. The lowest BCUT2D eigenvalue weighted by Crippen LogP contribution is -2.00. The molecule has 0 fully saturated rings. The van der Waals surface area contributed by atoms with Crippen molar-refractivity contribution in [1.29, 1.82) is 0 Å². The van der Waals surface area contributed by atoms with Crippen LogP contribution in [0.15, 0.2) is 48.8 Å². The summed E-state index contributed by atoms with van der Waals surface area (Å²) in [7, 11) is 1.67. The smallest absolute Gasteiger partial charge is 0.123 e.